The van der Waals surface area contributed by atoms with Crippen LogP contribution < -0.4 is 5.32 Å². The van der Waals surface area contributed by atoms with Gasteiger partial charge in [0.2, 0.25) is 0 Å². The van der Waals surface area contributed by atoms with Crippen molar-refractivity contribution >= 4 is 5.91 Å². The third-order valence-corrected chi connectivity index (χ3v) is 3.95. The Bertz CT molecular complexity index is 673. The predicted molar refractivity (Wildman–Crippen MR) is 82.0 cm³/mol. The first-order valence-corrected chi connectivity index (χ1v) is 7.76. The minimum absolute atomic E-state index is 0.206. The number of carbonyl (C=O) groups is 1. The van der Waals surface area contributed by atoms with E-state index >= 15 is 0 Å². The summed E-state index contributed by atoms with van der Waals surface area (Å²) in [6, 6.07) is 1.81. The maximum Gasteiger partial charge on any atom is 0.257 e. The fourth-order valence-electron chi connectivity index (χ4n) is 2.72. The van der Waals surface area contributed by atoms with Gasteiger partial charge in [0, 0.05) is 18.7 Å². The lowest BCUT2D eigenvalue weighted by Crippen LogP contribution is -2.25. The highest BCUT2D eigenvalue weighted by Crippen LogP contribution is 2.22. The first kappa shape index (κ1) is 15.6. The normalized spacial score (nSPS) is 17.9. The number of rotatable bonds is 4. The van der Waals surface area contributed by atoms with Crippen LogP contribution in [-0.2, 0) is 11.3 Å². The van der Waals surface area contributed by atoms with Crippen LogP contribution in [0.25, 0.3) is 0 Å². The number of nitrogens with one attached hydrogen (secondary N) is 1. The summed E-state index contributed by atoms with van der Waals surface area (Å²) in [6.07, 6.45) is 3.80. The molecule has 2 aromatic heterocycles. The van der Waals surface area contributed by atoms with Gasteiger partial charge in [-0.25, -0.2) is 9.97 Å². The van der Waals surface area contributed by atoms with Gasteiger partial charge in [-0.3, -0.25) is 4.79 Å². The SMILES string of the molecule is Cc1noc(C)c1C(=O)NCc1ccnc([C@H]2CCCOC2)n1. The Balaban J connectivity index is 1.65. The van der Waals surface area contributed by atoms with Crippen molar-refractivity contribution in [3.63, 3.8) is 0 Å². The number of hydrogen-bond donors (Lipinski definition) is 1. The molecule has 0 radical (unpaired) electrons. The molecule has 0 saturated carbocycles. The molecular weight excluding hydrogens is 296 g/mol. The Morgan fingerprint density at radius 3 is 3.00 bits per heavy atom. The molecule has 1 aliphatic rings. The molecule has 1 fully saturated rings. The monoisotopic (exact) mass is 316 g/mol. The van der Waals surface area contributed by atoms with E-state index in [-0.39, 0.29) is 11.8 Å². The van der Waals surface area contributed by atoms with Crippen LogP contribution in [0.4, 0.5) is 0 Å². The van der Waals surface area contributed by atoms with Crippen LogP contribution in [0.1, 0.15) is 52.1 Å². The smallest absolute Gasteiger partial charge is 0.257 e. The second-order valence-electron chi connectivity index (χ2n) is 5.70. The molecule has 1 amide bonds. The van der Waals surface area contributed by atoms with E-state index in [1.807, 2.05) is 0 Å². The topological polar surface area (TPSA) is 90.1 Å². The van der Waals surface area contributed by atoms with Crippen LogP contribution in [0.15, 0.2) is 16.8 Å². The van der Waals surface area contributed by atoms with Crippen molar-refractivity contribution in [1.29, 1.82) is 0 Å². The number of aryl methyl sites for hydroxylation is 2. The number of ether oxygens (including phenoxy) is 1. The van der Waals surface area contributed by atoms with Crippen LogP contribution in [0, 0.1) is 13.8 Å². The molecule has 1 saturated heterocycles. The van der Waals surface area contributed by atoms with E-state index in [2.05, 4.69) is 20.4 Å². The molecule has 1 atom stereocenters. The van der Waals surface area contributed by atoms with E-state index in [4.69, 9.17) is 9.26 Å². The Kier molecular flexibility index (Phi) is 4.66. The number of nitrogens with zero attached hydrogens (tertiary/aromatic N) is 3. The molecule has 3 heterocycles. The Hall–Kier alpha value is -2.28. The van der Waals surface area contributed by atoms with Crippen molar-refractivity contribution in [1.82, 2.24) is 20.4 Å². The van der Waals surface area contributed by atoms with E-state index in [1.54, 1.807) is 26.1 Å². The van der Waals surface area contributed by atoms with Crippen molar-refractivity contribution in [2.24, 2.45) is 0 Å². The fraction of sp³-hybridized carbons (Fsp3) is 0.500. The van der Waals surface area contributed by atoms with E-state index < -0.39 is 0 Å². The van der Waals surface area contributed by atoms with E-state index in [0.717, 1.165) is 31.0 Å². The highest BCUT2D eigenvalue weighted by atomic mass is 16.5. The molecule has 0 spiro atoms. The fourth-order valence-corrected chi connectivity index (χ4v) is 2.72. The largest absolute Gasteiger partial charge is 0.381 e. The van der Waals surface area contributed by atoms with Gasteiger partial charge >= 0.3 is 0 Å². The number of hydrogen-bond acceptors (Lipinski definition) is 6. The molecule has 1 aliphatic heterocycles. The van der Waals surface area contributed by atoms with Crippen LogP contribution in [0.2, 0.25) is 0 Å². The molecule has 0 bridgehead atoms. The van der Waals surface area contributed by atoms with Crippen LogP contribution in [-0.4, -0.2) is 34.2 Å². The molecule has 23 heavy (non-hydrogen) atoms. The maximum absolute atomic E-state index is 12.2. The van der Waals surface area contributed by atoms with Crippen molar-refractivity contribution in [2.75, 3.05) is 13.2 Å². The van der Waals surface area contributed by atoms with E-state index in [9.17, 15) is 4.79 Å². The molecule has 0 aromatic carbocycles. The molecule has 2 aromatic rings. The first-order chi connectivity index (χ1) is 11.1. The number of carbonyl (C=O) groups excluding carboxylic acids is 1. The highest BCUT2D eigenvalue weighted by molar-refractivity contribution is 5.95. The highest BCUT2D eigenvalue weighted by Gasteiger charge is 2.20. The lowest BCUT2D eigenvalue weighted by molar-refractivity contribution is 0.0779. The third kappa shape index (κ3) is 3.56. The van der Waals surface area contributed by atoms with Crippen molar-refractivity contribution < 1.29 is 14.1 Å². The van der Waals surface area contributed by atoms with Crippen LogP contribution in [0.5, 0.6) is 0 Å². The van der Waals surface area contributed by atoms with Gasteiger partial charge in [0.05, 0.1) is 24.5 Å². The Morgan fingerprint density at radius 1 is 1.43 bits per heavy atom. The molecule has 7 heteroatoms. The molecule has 0 aliphatic carbocycles. The number of aromatic nitrogens is 3. The summed E-state index contributed by atoms with van der Waals surface area (Å²) in [7, 11) is 0. The van der Waals surface area contributed by atoms with Gasteiger partial charge in [0.15, 0.2) is 0 Å². The van der Waals surface area contributed by atoms with Gasteiger partial charge in [-0.05, 0) is 32.8 Å². The minimum Gasteiger partial charge on any atom is -0.381 e. The quantitative estimate of drug-likeness (QED) is 0.926. The average molecular weight is 316 g/mol. The van der Waals surface area contributed by atoms with Crippen molar-refractivity contribution in [3.05, 3.63) is 40.8 Å². The Morgan fingerprint density at radius 2 is 2.30 bits per heavy atom. The minimum atomic E-state index is -0.206. The first-order valence-electron chi connectivity index (χ1n) is 7.76. The standard InChI is InChI=1S/C16H20N4O3/c1-10-14(11(2)23-20-10)16(21)18-8-13-5-6-17-15(19-13)12-4-3-7-22-9-12/h5-6,12H,3-4,7-9H2,1-2H3,(H,18,21)/t12-/m0/s1. The summed E-state index contributed by atoms with van der Waals surface area (Å²) in [6.45, 7) is 5.28. The van der Waals surface area contributed by atoms with E-state index in [1.165, 1.54) is 0 Å². The third-order valence-electron chi connectivity index (χ3n) is 3.95. The zero-order chi connectivity index (χ0) is 16.2. The van der Waals surface area contributed by atoms with Gasteiger partial charge in [0.25, 0.3) is 5.91 Å². The van der Waals surface area contributed by atoms with Crippen molar-refractivity contribution in [2.45, 2.75) is 39.2 Å². The van der Waals surface area contributed by atoms with Crippen molar-refractivity contribution in [3.8, 4) is 0 Å². The second kappa shape index (κ2) is 6.87. The molecule has 1 N–H and O–H groups in total. The second-order valence-corrected chi connectivity index (χ2v) is 5.70. The van der Waals surface area contributed by atoms with Gasteiger partial charge in [-0.15, -0.1) is 0 Å². The van der Waals surface area contributed by atoms with Crippen LogP contribution in [0.3, 0.4) is 0 Å². The van der Waals surface area contributed by atoms with Gasteiger partial charge in [-0.2, -0.15) is 0 Å². The van der Waals surface area contributed by atoms with Crippen LogP contribution >= 0.6 is 0 Å². The molecule has 3 rings (SSSR count). The van der Waals surface area contributed by atoms with Gasteiger partial charge < -0.3 is 14.6 Å². The molecule has 7 nitrogen and oxygen atoms in total. The maximum atomic E-state index is 12.2. The molecule has 0 unspecified atom stereocenters. The zero-order valence-electron chi connectivity index (χ0n) is 13.3. The van der Waals surface area contributed by atoms with Gasteiger partial charge in [0.1, 0.15) is 17.1 Å². The molecular formula is C16H20N4O3. The average Bonchev–Trinajstić information content (AvgIpc) is 2.92. The summed E-state index contributed by atoms with van der Waals surface area (Å²) >= 11 is 0. The van der Waals surface area contributed by atoms with E-state index in [0.29, 0.717) is 30.2 Å². The van der Waals surface area contributed by atoms with Gasteiger partial charge in [-0.1, -0.05) is 5.16 Å². The zero-order valence-corrected chi connectivity index (χ0v) is 13.3. The summed E-state index contributed by atoms with van der Waals surface area (Å²) in [5, 5.41) is 6.64. The summed E-state index contributed by atoms with van der Waals surface area (Å²) < 4.78 is 10.5. The number of amides is 1. The summed E-state index contributed by atoms with van der Waals surface area (Å²) in [5.41, 5.74) is 1.85. The summed E-state index contributed by atoms with van der Waals surface area (Å²) in [4.78, 5) is 21.1. The molecule has 122 valence electrons. The Labute approximate surface area is 134 Å². The lowest BCUT2D eigenvalue weighted by atomic mass is 10.0. The summed E-state index contributed by atoms with van der Waals surface area (Å²) in [5.74, 6) is 1.33. The lowest BCUT2D eigenvalue weighted by Gasteiger charge is -2.20. The predicted octanol–water partition coefficient (Wildman–Crippen LogP) is 1.91.